The van der Waals surface area contributed by atoms with Gasteiger partial charge in [0.05, 0.1) is 17.8 Å². The Hall–Kier alpha value is -0.830. The van der Waals surface area contributed by atoms with Crippen LogP contribution in [0.1, 0.15) is 58.2 Å². The molecule has 1 aliphatic rings. The second kappa shape index (κ2) is 4.81. The third-order valence-electron chi connectivity index (χ3n) is 4.23. The van der Waals surface area contributed by atoms with E-state index in [9.17, 15) is 5.11 Å². The van der Waals surface area contributed by atoms with Crippen LogP contribution in [0.3, 0.4) is 0 Å². The van der Waals surface area contributed by atoms with Gasteiger partial charge in [0.1, 0.15) is 0 Å². The molecule has 0 aliphatic heterocycles. The van der Waals surface area contributed by atoms with E-state index < -0.39 is 0 Å². The van der Waals surface area contributed by atoms with Gasteiger partial charge in [-0.1, -0.05) is 20.8 Å². The molecule has 0 amide bonds. The topological polar surface area (TPSA) is 38.0 Å². The third kappa shape index (κ3) is 2.71. The minimum Gasteiger partial charge on any atom is -0.392 e. The Labute approximate surface area is 104 Å². The predicted octanol–water partition coefficient (Wildman–Crippen LogP) is 2.95. The van der Waals surface area contributed by atoms with E-state index in [0.29, 0.717) is 12.5 Å². The van der Waals surface area contributed by atoms with Crippen molar-refractivity contribution in [1.29, 1.82) is 0 Å². The highest BCUT2D eigenvalue weighted by Gasteiger charge is 2.44. The van der Waals surface area contributed by atoms with Gasteiger partial charge in [-0.05, 0) is 37.2 Å². The van der Waals surface area contributed by atoms with Gasteiger partial charge in [-0.3, -0.25) is 4.68 Å². The Bertz CT molecular complexity index is 364. The lowest BCUT2D eigenvalue weighted by Gasteiger charge is -2.16. The molecule has 3 heteroatoms. The maximum Gasteiger partial charge on any atom is 0.0650 e. The summed E-state index contributed by atoms with van der Waals surface area (Å²) in [4.78, 5) is 0. The van der Waals surface area contributed by atoms with Crippen molar-refractivity contribution in [1.82, 2.24) is 9.78 Å². The highest BCUT2D eigenvalue weighted by molar-refractivity contribution is 5.06. The zero-order valence-electron chi connectivity index (χ0n) is 11.2. The Kier molecular flexibility index (Phi) is 3.57. The van der Waals surface area contributed by atoms with Crippen molar-refractivity contribution in [3.8, 4) is 0 Å². The van der Waals surface area contributed by atoms with Crippen LogP contribution in [0, 0.1) is 5.41 Å². The molecule has 1 atom stereocenters. The lowest BCUT2D eigenvalue weighted by molar-refractivity contribution is 0.102. The average molecular weight is 236 g/mol. The monoisotopic (exact) mass is 236 g/mol. The summed E-state index contributed by atoms with van der Waals surface area (Å²) in [6.07, 6.45) is 7.05. The summed E-state index contributed by atoms with van der Waals surface area (Å²) >= 11 is 0. The molecule has 1 fully saturated rings. The molecule has 3 nitrogen and oxygen atoms in total. The fraction of sp³-hybridized carbons (Fsp3) is 0.786. The van der Waals surface area contributed by atoms with Crippen LogP contribution in [0.2, 0.25) is 0 Å². The summed E-state index contributed by atoms with van der Waals surface area (Å²) in [6, 6.07) is 2.55. The van der Waals surface area contributed by atoms with E-state index in [2.05, 4.69) is 36.7 Å². The quantitative estimate of drug-likeness (QED) is 0.824. The van der Waals surface area contributed by atoms with E-state index in [1.54, 1.807) is 0 Å². The SMILES string of the molecule is CCC(CC)n1ccc(CC(O)C2(C)CC2)n1. The standard InChI is InChI=1S/C14H24N2O/c1-4-12(5-2)16-9-6-11(15-16)10-13(17)14(3)7-8-14/h6,9,12-13,17H,4-5,7-8,10H2,1-3H3. The van der Waals surface area contributed by atoms with Gasteiger partial charge in [-0.2, -0.15) is 5.10 Å². The second-order valence-corrected chi connectivity index (χ2v) is 5.63. The van der Waals surface area contributed by atoms with Crippen LogP contribution >= 0.6 is 0 Å². The van der Waals surface area contributed by atoms with Gasteiger partial charge < -0.3 is 5.11 Å². The van der Waals surface area contributed by atoms with E-state index in [-0.39, 0.29) is 11.5 Å². The molecule has 0 spiro atoms. The second-order valence-electron chi connectivity index (χ2n) is 5.63. The number of rotatable bonds is 6. The van der Waals surface area contributed by atoms with Gasteiger partial charge in [0.25, 0.3) is 0 Å². The predicted molar refractivity (Wildman–Crippen MR) is 68.9 cm³/mol. The molecule has 1 saturated carbocycles. The fourth-order valence-electron chi connectivity index (χ4n) is 2.33. The van der Waals surface area contributed by atoms with E-state index in [1.807, 2.05) is 6.07 Å². The molecule has 1 unspecified atom stereocenters. The Morgan fingerprint density at radius 1 is 1.41 bits per heavy atom. The highest BCUT2D eigenvalue weighted by atomic mass is 16.3. The Balaban J connectivity index is 1.98. The van der Waals surface area contributed by atoms with E-state index >= 15 is 0 Å². The van der Waals surface area contributed by atoms with Gasteiger partial charge in [-0.25, -0.2) is 0 Å². The van der Waals surface area contributed by atoms with E-state index in [4.69, 9.17) is 0 Å². The normalized spacial score (nSPS) is 19.6. The Morgan fingerprint density at radius 2 is 2.06 bits per heavy atom. The van der Waals surface area contributed by atoms with Crippen molar-refractivity contribution >= 4 is 0 Å². The molecule has 1 aromatic rings. The molecule has 1 N–H and O–H groups in total. The van der Waals surface area contributed by atoms with Gasteiger partial charge in [0, 0.05) is 12.6 Å². The number of aromatic nitrogens is 2. The van der Waals surface area contributed by atoms with Gasteiger partial charge in [0.15, 0.2) is 0 Å². The zero-order valence-corrected chi connectivity index (χ0v) is 11.2. The van der Waals surface area contributed by atoms with Crippen molar-refractivity contribution in [3.63, 3.8) is 0 Å². The zero-order chi connectivity index (χ0) is 12.5. The van der Waals surface area contributed by atoms with Crippen molar-refractivity contribution in [2.75, 3.05) is 0 Å². The van der Waals surface area contributed by atoms with Gasteiger partial charge >= 0.3 is 0 Å². The fourth-order valence-corrected chi connectivity index (χ4v) is 2.33. The van der Waals surface area contributed by atoms with Crippen LogP contribution in [0.15, 0.2) is 12.3 Å². The molecule has 1 heterocycles. The largest absolute Gasteiger partial charge is 0.392 e. The number of nitrogens with zero attached hydrogens (tertiary/aromatic N) is 2. The molecular formula is C14H24N2O. The first kappa shape index (κ1) is 12.6. The summed E-state index contributed by atoms with van der Waals surface area (Å²) in [7, 11) is 0. The van der Waals surface area contributed by atoms with Crippen molar-refractivity contribution in [3.05, 3.63) is 18.0 Å². The molecule has 0 radical (unpaired) electrons. The first-order chi connectivity index (χ1) is 8.09. The van der Waals surface area contributed by atoms with E-state index in [0.717, 1.165) is 31.4 Å². The van der Waals surface area contributed by atoms with Crippen LogP contribution in [-0.2, 0) is 6.42 Å². The molecule has 17 heavy (non-hydrogen) atoms. The van der Waals surface area contributed by atoms with Crippen molar-refractivity contribution < 1.29 is 5.11 Å². The minimum absolute atomic E-state index is 0.165. The number of hydrogen-bond acceptors (Lipinski definition) is 2. The van der Waals surface area contributed by atoms with Gasteiger partial charge in [0.2, 0.25) is 0 Å². The van der Waals surface area contributed by atoms with Crippen LogP contribution in [0.4, 0.5) is 0 Å². The lowest BCUT2D eigenvalue weighted by Crippen LogP contribution is -2.22. The molecule has 2 rings (SSSR count). The summed E-state index contributed by atoms with van der Waals surface area (Å²) in [6.45, 7) is 6.54. The molecule has 0 aromatic carbocycles. The summed E-state index contributed by atoms with van der Waals surface area (Å²) in [5.41, 5.74) is 1.19. The number of aliphatic hydroxyl groups excluding tert-OH is 1. The molecule has 0 bridgehead atoms. The van der Waals surface area contributed by atoms with Crippen molar-refractivity contribution in [2.24, 2.45) is 5.41 Å². The van der Waals surface area contributed by atoms with Crippen LogP contribution in [0.25, 0.3) is 0 Å². The number of hydrogen-bond donors (Lipinski definition) is 1. The smallest absolute Gasteiger partial charge is 0.0650 e. The first-order valence-corrected chi connectivity index (χ1v) is 6.81. The highest BCUT2D eigenvalue weighted by Crippen LogP contribution is 2.48. The van der Waals surface area contributed by atoms with Crippen LogP contribution in [-0.4, -0.2) is 21.0 Å². The molecule has 96 valence electrons. The molecule has 1 aliphatic carbocycles. The third-order valence-corrected chi connectivity index (χ3v) is 4.23. The summed E-state index contributed by atoms with van der Waals surface area (Å²) in [5, 5.41) is 14.7. The minimum atomic E-state index is -0.229. The van der Waals surface area contributed by atoms with Crippen molar-refractivity contribution in [2.45, 2.75) is 65.0 Å². The maximum absolute atomic E-state index is 10.1. The summed E-state index contributed by atoms with van der Waals surface area (Å²) in [5.74, 6) is 0. The first-order valence-electron chi connectivity index (χ1n) is 6.81. The van der Waals surface area contributed by atoms with Crippen LogP contribution in [0.5, 0.6) is 0 Å². The van der Waals surface area contributed by atoms with Gasteiger partial charge in [-0.15, -0.1) is 0 Å². The molecule has 0 saturated heterocycles. The lowest BCUT2D eigenvalue weighted by atomic mass is 9.98. The van der Waals surface area contributed by atoms with Crippen LogP contribution < -0.4 is 0 Å². The maximum atomic E-state index is 10.1. The average Bonchev–Trinajstić information content (AvgIpc) is 2.90. The number of aliphatic hydroxyl groups is 1. The molecule has 1 aromatic heterocycles. The summed E-state index contributed by atoms with van der Waals surface area (Å²) < 4.78 is 2.05. The van der Waals surface area contributed by atoms with E-state index in [1.165, 1.54) is 0 Å². The Morgan fingerprint density at radius 3 is 2.59 bits per heavy atom. The molecular weight excluding hydrogens is 212 g/mol.